The molecule has 0 spiro atoms. The van der Waals surface area contributed by atoms with Gasteiger partial charge in [-0.05, 0) is 27.7 Å². The maximum atomic E-state index is 12.3. The number of ether oxygens (including phenoxy) is 1. The molecule has 0 aliphatic carbocycles. The SMILES string of the molecule is CC(C)(C)OC(=O)NCC(=O)[C@@](C)(O)C(F)(F)F. The Balaban J connectivity index is 4.41. The largest absolute Gasteiger partial charge is 0.444 e. The van der Waals surface area contributed by atoms with Gasteiger partial charge in [0.25, 0.3) is 0 Å². The summed E-state index contributed by atoms with van der Waals surface area (Å²) in [6.45, 7) is 4.02. The Morgan fingerprint density at radius 3 is 1.94 bits per heavy atom. The zero-order valence-corrected chi connectivity index (χ0v) is 10.5. The highest BCUT2D eigenvalue weighted by Crippen LogP contribution is 2.30. The van der Waals surface area contributed by atoms with E-state index >= 15 is 0 Å². The Kier molecular flexibility index (Phi) is 4.76. The van der Waals surface area contributed by atoms with Crippen LogP contribution in [0, 0.1) is 0 Å². The molecule has 0 radical (unpaired) electrons. The van der Waals surface area contributed by atoms with Crippen LogP contribution in [0.5, 0.6) is 0 Å². The lowest BCUT2D eigenvalue weighted by molar-refractivity contribution is -0.243. The van der Waals surface area contributed by atoms with Gasteiger partial charge < -0.3 is 15.2 Å². The van der Waals surface area contributed by atoms with Gasteiger partial charge in [-0.15, -0.1) is 0 Å². The molecule has 5 nitrogen and oxygen atoms in total. The molecule has 0 unspecified atom stereocenters. The van der Waals surface area contributed by atoms with Crippen LogP contribution in [0.4, 0.5) is 18.0 Å². The minimum atomic E-state index is -5.10. The summed E-state index contributed by atoms with van der Waals surface area (Å²) in [6, 6.07) is 0. The number of alkyl halides is 3. The van der Waals surface area contributed by atoms with E-state index in [2.05, 4.69) is 0 Å². The second kappa shape index (κ2) is 5.13. The Hall–Kier alpha value is -1.31. The van der Waals surface area contributed by atoms with Gasteiger partial charge >= 0.3 is 12.3 Å². The van der Waals surface area contributed by atoms with Gasteiger partial charge in [0.05, 0.1) is 6.54 Å². The van der Waals surface area contributed by atoms with Crippen LogP contribution in [-0.2, 0) is 9.53 Å². The summed E-state index contributed by atoms with van der Waals surface area (Å²) in [5, 5.41) is 10.8. The second-order valence-corrected chi connectivity index (χ2v) is 4.85. The average molecular weight is 271 g/mol. The molecule has 0 bridgehead atoms. The fourth-order valence-electron chi connectivity index (χ4n) is 0.797. The summed E-state index contributed by atoms with van der Waals surface area (Å²) in [5.74, 6) is -1.57. The highest BCUT2D eigenvalue weighted by molar-refractivity contribution is 5.91. The summed E-state index contributed by atoms with van der Waals surface area (Å²) in [6.07, 6.45) is -6.13. The molecular weight excluding hydrogens is 255 g/mol. The Bertz CT molecular complexity index is 331. The van der Waals surface area contributed by atoms with Crippen molar-refractivity contribution in [1.29, 1.82) is 0 Å². The molecule has 1 amide bonds. The molecule has 0 aromatic rings. The van der Waals surface area contributed by atoms with Crippen molar-refractivity contribution in [2.75, 3.05) is 6.54 Å². The molecule has 0 aromatic carbocycles. The molecule has 1 atom stereocenters. The van der Waals surface area contributed by atoms with Crippen molar-refractivity contribution in [2.24, 2.45) is 0 Å². The van der Waals surface area contributed by atoms with Gasteiger partial charge in [0, 0.05) is 0 Å². The molecule has 2 N–H and O–H groups in total. The predicted octanol–water partition coefficient (Wildman–Crippen LogP) is 1.39. The number of hydrogen-bond donors (Lipinski definition) is 2. The van der Waals surface area contributed by atoms with Crippen molar-refractivity contribution in [3.05, 3.63) is 0 Å². The summed E-state index contributed by atoms with van der Waals surface area (Å²) < 4.78 is 41.5. The number of aliphatic hydroxyl groups is 1. The highest BCUT2D eigenvalue weighted by Gasteiger charge is 2.55. The molecule has 106 valence electrons. The van der Waals surface area contributed by atoms with Gasteiger partial charge in [0.2, 0.25) is 5.60 Å². The van der Waals surface area contributed by atoms with Crippen LogP contribution in [0.3, 0.4) is 0 Å². The van der Waals surface area contributed by atoms with Gasteiger partial charge in [-0.25, -0.2) is 4.79 Å². The third-order valence-electron chi connectivity index (χ3n) is 1.89. The number of hydrogen-bond acceptors (Lipinski definition) is 4. The highest BCUT2D eigenvalue weighted by atomic mass is 19.4. The maximum absolute atomic E-state index is 12.3. The summed E-state index contributed by atoms with van der Waals surface area (Å²) >= 11 is 0. The van der Waals surface area contributed by atoms with Crippen molar-refractivity contribution >= 4 is 11.9 Å². The molecule has 0 heterocycles. The molecular formula is C10H16F3NO4. The number of alkyl carbamates (subject to hydrolysis) is 1. The van der Waals surface area contributed by atoms with Crippen LogP contribution in [0.15, 0.2) is 0 Å². The molecule has 0 rings (SSSR count). The van der Waals surface area contributed by atoms with Crippen molar-refractivity contribution < 1.29 is 32.6 Å². The first kappa shape index (κ1) is 16.7. The van der Waals surface area contributed by atoms with Crippen LogP contribution in [0.1, 0.15) is 27.7 Å². The fourth-order valence-corrected chi connectivity index (χ4v) is 0.797. The summed E-state index contributed by atoms with van der Waals surface area (Å²) in [4.78, 5) is 22.2. The molecule has 18 heavy (non-hydrogen) atoms. The normalized spacial score (nSPS) is 15.8. The molecule has 0 fully saturated rings. The Labute approximate surface area is 102 Å². The monoisotopic (exact) mass is 271 g/mol. The van der Waals surface area contributed by atoms with Gasteiger partial charge in [0.1, 0.15) is 5.60 Å². The molecule has 0 aromatic heterocycles. The second-order valence-electron chi connectivity index (χ2n) is 4.85. The summed E-state index contributed by atoms with van der Waals surface area (Å²) in [7, 11) is 0. The lowest BCUT2D eigenvalue weighted by atomic mass is 10.0. The van der Waals surface area contributed by atoms with Crippen LogP contribution in [0.25, 0.3) is 0 Å². The first-order valence-corrected chi connectivity index (χ1v) is 5.06. The Morgan fingerprint density at radius 1 is 1.17 bits per heavy atom. The fraction of sp³-hybridized carbons (Fsp3) is 0.800. The van der Waals surface area contributed by atoms with Crippen LogP contribution in [0.2, 0.25) is 0 Å². The lowest BCUT2D eigenvalue weighted by Gasteiger charge is -2.25. The molecule has 0 aliphatic rings. The van der Waals surface area contributed by atoms with E-state index in [1.165, 1.54) is 0 Å². The molecule has 0 aliphatic heterocycles. The van der Waals surface area contributed by atoms with E-state index in [-0.39, 0.29) is 0 Å². The van der Waals surface area contributed by atoms with E-state index in [9.17, 15) is 22.8 Å². The van der Waals surface area contributed by atoms with E-state index in [0.29, 0.717) is 6.92 Å². The van der Waals surface area contributed by atoms with Crippen LogP contribution in [-0.4, -0.2) is 40.9 Å². The number of carbonyl (C=O) groups excluding carboxylic acids is 2. The standard InChI is InChI=1S/C10H16F3NO4/c1-8(2,3)18-7(16)14-5-6(15)9(4,17)10(11,12)13/h17H,5H2,1-4H3,(H,14,16)/t9-/m1/s1. The first-order chi connectivity index (χ1) is 7.77. The number of halogens is 3. The van der Waals surface area contributed by atoms with Crippen molar-refractivity contribution in [1.82, 2.24) is 5.32 Å². The third kappa shape index (κ3) is 4.91. The number of nitrogens with one attached hydrogen (secondary N) is 1. The maximum Gasteiger partial charge on any atom is 0.424 e. The molecule has 0 saturated heterocycles. The first-order valence-electron chi connectivity index (χ1n) is 5.06. The zero-order valence-electron chi connectivity index (χ0n) is 10.5. The summed E-state index contributed by atoms with van der Waals surface area (Å²) in [5.41, 5.74) is -4.33. The average Bonchev–Trinajstić information content (AvgIpc) is 2.09. The zero-order chi connectivity index (χ0) is 14.8. The van der Waals surface area contributed by atoms with Crippen molar-refractivity contribution in [3.8, 4) is 0 Å². The number of carbonyl (C=O) groups is 2. The van der Waals surface area contributed by atoms with Gasteiger partial charge in [-0.3, -0.25) is 4.79 Å². The van der Waals surface area contributed by atoms with Crippen LogP contribution < -0.4 is 5.32 Å². The van der Waals surface area contributed by atoms with Gasteiger partial charge in [-0.2, -0.15) is 13.2 Å². The van der Waals surface area contributed by atoms with Crippen LogP contribution >= 0.6 is 0 Å². The van der Waals surface area contributed by atoms with Crippen molar-refractivity contribution in [2.45, 2.75) is 45.1 Å². The molecule has 8 heteroatoms. The number of rotatable bonds is 3. The third-order valence-corrected chi connectivity index (χ3v) is 1.89. The quantitative estimate of drug-likeness (QED) is 0.813. The number of amides is 1. The van der Waals surface area contributed by atoms with E-state index in [0.717, 1.165) is 0 Å². The van der Waals surface area contributed by atoms with Gasteiger partial charge in [-0.1, -0.05) is 0 Å². The van der Waals surface area contributed by atoms with E-state index in [4.69, 9.17) is 9.84 Å². The predicted molar refractivity (Wildman–Crippen MR) is 55.9 cm³/mol. The van der Waals surface area contributed by atoms with Gasteiger partial charge in [0.15, 0.2) is 5.78 Å². The Morgan fingerprint density at radius 2 is 1.61 bits per heavy atom. The van der Waals surface area contributed by atoms with E-state index < -0.39 is 35.8 Å². The molecule has 0 saturated carbocycles. The van der Waals surface area contributed by atoms with E-state index in [1.54, 1.807) is 20.8 Å². The number of ketones is 1. The number of Topliss-reactive ketones (excluding diaryl/α,β-unsaturated/α-hetero) is 1. The van der Waals surface area contributed by atoms with Crippen molar-refractivity contribution in [3.63, 3.8) is 0 Å². The lowest BCUT2D eigenvalue weighted by Crippen LogP contribution is -2.53. The topological polar surface area (TPSA) is 75.6 Å². The smallest absolute Gasteiger partial charge is 0.424 e. The van der Waals surface area contributed by atoms with E-state index in [1.807, 2.05) is 5.32 Å². The minimum Gasteiger partial charge on any atom is -0.444 e. The minimum absolute atomic E-state index is 0.326.